The molecule has 1 aliphatic rings. The Morgan fingerprint density at radius 1 is 1.54 bits per heavy atom. The minimum Gasteiger partial charge on any atom is -0.375 e. The summed E-state index contributed by atoms with van der Waals surface area (Å²) < 4.78 is 4.74. The van der Waals surface area contributed by atoms with Crippen LogP contribution in [0.3, 0.4) is 0 Å². The molecule has 1 aliphatic carbocycles. The van der Waals surface area contributed by atoms with Crippen molar-refractivity contribution in [1.82, 2.24) is 5.32 Å². The molecule has 0 saturated heterocycles. The molecule has 0 unspecified atom stereocenters. The minimum atomic E-state index is -0.00516. The first-order valence-electron chi connectivity index (χ1n) is 4.86. The molecule has 1 amide bonds. The van der Waals surface area contributed by atoms with Gasteiger partial charge in [0, 0.05) is 13.7 Å². The number of ether oxygens (including phenoxy) is 1. The maximum Gasteiger partial charge on any atom is 0.246 e. The highest BCUT2D eigenvalue weighted by Gasteiger charge is 2.45. The van der Waals surface area contributed by atoms with Crippen LogP contribution in [0.5, 0.6) is 0 Å². The van der Waals surface area contributed by atoms with Crippen molar-refractivity contribution in [2.45, 2.75) is 26.7 Å². The first-order chi connectivity index (χ1) is 6.10. The molecule has 3 nitrogen and oxygen atoms in total. The van der Waals surface area contributed by atoms with Gasteiger partial charge in [-0.1, -0.05) is 13.8 Å². The summed E-state index contributed by atoms with van der Waals surface area (Å²) in [5.74, 6) is 0.657. The van der Waals surface area contributed by atoms with Crippen LogP contribution in [0.4, 0.5) is 0 Å². The third-order valence-corrected chi connectivity index (χ3v) is 3.03. The van der Waals surface area contributed by atoms with E-state index in [2.05, 4.69) is 19.2 Å². The molecule has 1 fully saturated rings. The second-order valence-corrected chi connectivity index (χ2v) is 4.23. The van der Waals surface area contributed by atoms with Crippen LogP contribution in [-0.2, 0) is 9.53 Å². The average molecular weight is 185 g/mol. The molecule has 0 aromatic rings. The summed E-state index contributed by atoms with van der Waals surface area (Å²) in [4.78, 5) is 11.1. The quantitative estimate of drug-likeness (QED) is 0.698. The van der Waals surface area contributed by atoms with Gasteiger partial charge in [0.05, 0.1) is 0 Å². The Bertz CT molecular complexity index is 185. The fraction of sp³-hybridized carbons (Fsp3) is 0.900. The van der Waals surface area contributed by atoms with E-state index in [0.29, 0.717) is 11.3 Å². The van der Waals surface area contributed by atoms with Crippen molar-refractivity contribution >= 4 is 5.91 Å². The third kappa shape index (κ3) is 2.69. The summed E-state index contributed by atoms with van der Waals surface area (Å²) in [7, 11) is 1.54. The van der Waals surface area contributed by atoms with Gasteiger partial charge in [0.1, 0.15) is 6.61 Å². The van der Waals surface area contributed by atoms with E-state index in [9.17, 15) is 4.79 Å². The van der Waals surface area contributed by atoms with E-state index in [1.165, 1.54) is 20.0 Å². The summed E-state index contributed by atoms with van der Waals surface area (Å²) in [5, 5.41) is 2.90. The summed E-state index contributed by atoms with van der Waals surface area (Å²) in [6, 6.07) is 0. The van der Waals surface area contributed by atoms with Crippen LogP contribution >= 0.6 is 0 Å². The molecule has 1 saturated carbocycles. The fourth-order valence-corrected chi connectivity index (χ4v) is 1.58. The predicted octanol–water partition coefficient (Wildman–Crippen LogP) is 1.19. The first-order valence-corrected chi connectivity index (χ1v) is 4.86. The Labute approximate surface area is 79.8 Å². The first kappa shape index (κ1) is 10.5. The highest BCUT2D eigenvalue weighted by molar-refractivity contribution is 5.77. The molecule has 1 rings (SSSR count). The van der Waals surface area contributed by atoms with Crippen molar-refractivity contribution in [1.29, 1.82) is 0 Å². The Hall–Kier alpha value is -0.570. The fourth-order valence-electron chi connectivity index (χ4n) is 1.58. The van der Waals surface area contributed by atoms with Crippen molar-refractivity contribution < 1.29 is 9.53 Å². The summed E-state index contributed by atoms with van der Waals surface area (Å²) >= 11 is 0. The van der Waals surface area contributed by atoms with Crippen LogP contribution in [0.1, 0.15) is 26.7 Å². The Kier molecular flexibility index (Phi) is 3.31. The molecule has 0 aromatic heterocycles. The van der Waals surface area contributed by atoms with Gasteiger partial charge in [-0.2, -0.15) is 0 Å². The Morgan fingerprint density at radius 2 is 2.15 bits per heavy atom. The normalized spacial score (nSPS) is 18.8. The summed E-state index contributed by atoms with van der Waals surface area (Å²) in [6.07, 6.45) is 2.50. The molecule has 0 spiro atoms. The third-order valence-electron chi connectivity index (χ3n) is 3.03. The van der Waals surface area contributed by atoms with E-state index in [1.807, 2.05) is 0 Å². The van der Waals surface area contributed by atoms with Gasteiger partial charge in [0.15, 0.2) is 0 Å². The molecule has 0 aliphatic heterocycles. The van der Waals surface area contributed by atoms with Gasteiger partial charge in [-0.05, 0) is 24.2 Å². The predicted molar refractivity (Wildman–Crippen MR) is 51.4 cm³/mol. The van der Waals surface area contributed by atoms with Crippen LogP contribution in [0.25, 0.3) is 0 Å². The lowest BCUT2D eigenvalue weighted by atomic mass is 9.92. The van der Waals surface area contributed by atoms with Crippen LogP contribution < -0.4 is 5.32 Å². The molecule has 13 heavy (non-hydrogen) atoms. The Morgan fingerprint density at radius 3 is 2.54 bits per heavy atom. The van der Waals surface area contributed by atoms with E-state index >= 15 is 0 Å². The van der Waals surface area contributed by atoms with Crippen LogP contribution in [0.15, 0.2) is 0 Å². The van der Waals surface area contributed by atoms with Gasteiger partial charge in [0.25, 0.3) is 0 Å². The van der Waals surface area contributed by atoms with Gasteiger partial charge >= 0.3 is 0 Å². The van der Waals surface area contributed by atoms with Crippen molar-refractivity contribution in [2.75, 3.05) is 20.3 Å². The number of methoxy groups -OCH3 is 1. The zero-order chi connectivity index (χ0) is 9.90. The van der Waals surface area contributed by atoms with Crippen molar-refractivity contribution in [2.24, 2.45) is 11.3 Å². The standard InChI is InChI=1S/C10H19NO2/c1-8(2)10(4-5-10)7-11-9(12)6-13-3/h8H,4-7H2,1-3H3,(H,11,12). The van der Waals surface area contributed by atoms with E-state index < -0.39 is 0 Å². The van der Waals surface area contributed by atoms with Crippen LogP contribution in [0.2, 0.25) is 0 Å². The zero-order valence-electron chi connectivity index (χ0n) is 8.72. The van der Waals surface area contributed by atoms with Gasteiger partial charge < -0.3 is 10.1 Å². The SMILES string of the molecule is COCC(=O)NCC1(C(C)C)CC1. The second-order valence-electron chi connectivity index (χ2n) is 4.23. The lowest BCUT2D eigenvalue weighted by Crippen LogP contribution is -2.34. The topological polar surface area (TPSA) is 38.3 Å². The van der Waals surface area contributed by atoms with Crippen molar-refractivity contribution in [3.05, 3.63) is 0 Å². The van der Waals surface area contributed by atoms with E-state index in [1.54, 1.807) is 0 Å². The maximum absolute atomic E-state index is 11.1. The monoisotopic (exact) mass is 185 g/mol. The Balaban J connectivity index is 2.22. The molecule has 0 aromatic carbocycles. The molecule has 0 bridgehead atoms. The number of rotatable bonds is 5. The van der Waals surface area contributed by atoms with E-state index in [-0.39, 0.29) is 12.5 Å². The molecule has 3 heteroatoms. The number of hydrogen-bond acceptors (Lipinski definition) is 2. The van der Waals surface area contributed by atoms with E-state index in [0.717, 1.165) is 6.54 Å². The number of carbonyl (C=O) groups is 1. The van der Waals surface area contributed by atoms with Gasteiger partial charge in [-0.15, -0.1) is 0 Å². The van der Waals surface area contributed by atoms with E-state index in [4.69, 9.17) is 4.74 Å². The lowest BCUT2D eigenvalue weighted by molar-refractivity contribution is -0.125. The van der Waals surface area contributed by atoms with Crippen LogP contribution in [-0.4, -0.2) is 26.2 Å². The zero-order valence-corrected chi connectivity index (χ0v) is 8.72. The van der Waals surface area contributed by atoms with Gasteiger partial charge in [-0.3, -0.25) is 4.79 Å². The number of carbonyl (C=O) groups excluding carboxylic acids is 1. The molecule has 0 atom stereocenters. The minimum absolute atomic E-state index is 0.00516. The summed E-state index contributed by atoms with van der Waals surface area (Å²) in [6.45, 7) is 5.42. The molecular weight excluding hydrogens is 166 g/mol. The molecule has 76 valence electrons. The van der Waals surface area contributed by atoms with Crippen molar-refractivity contribution in [3.63, 3.8) is 0 Å². The highest BCUT2D eigenvalue weighted by Crippen LogP contribution is 2.51. The summed E-state index contributed by atoms with van der Waals surface area (Å²) in [5.41, 5.74) is 0.392. The maximum atomic E-state index is 11.1. The average Bonchev–Trinajstić information content (AvgIpc) is 2.82. The number of hydrogen-bond donors (Lipinski definition) is 1. The number of nitrogens with one attached hydrogen (secondary N) is 1. The highest BCUT2D eigenvalue weighted by atomic mass is 16.5. The molecular formula is C10H19NO2. The van der Waals surface area contributed by atoms with Gasteiger partial charge in [0.2, 0.25) is 5.91 Å². The molecule has 0 radical (unpaired) electrons. The lowest BCUT2D eigenvalue weighted by Gasteiger charge is -2.19. The van der Waals surface area contributed by atoms with Crippen molar-refractivity contribution in [3.8, 4) is 0 Å². The van der Waals surface area contributed by atoms with Gasteiger partial charge in [-0.25, -0.2) is 0 Å². The molecule has 0 heterocycles. The number of amides is 1. The van der Waals surface area contributed by atoms with Crippen LogP contribution in [0, 0.1) is 11.3 Å². The molecule has 1 N–H and O–H groups in total. The second kappa shape index (κ2) is 4.09. The smallest absolute Gasteiger partial charge is 0.246 e. The largest absolute Gasteiger partial charge is 0.375 e.